The van der Waals surface area contributed by atoms with Gasteiger partial charge in [0.2, 0.25) is 0 Å². The molecule has 3 nitrogen and oxygen atoms in total. The van der Waals surface area contributed by atoms with E-state index < -0.39 is 12.7 Å². The smallest absolute Gasteiger partial charge is 0.347 e. The standard InChI is InChI=1S/C11H15ClF3N3/c1-4-8-16-9(12)7(3)10(17-8)18(5-2)6-11(13,14)15/h4-6H2,1-3H3. The molecule has 0 N–H and O–H groups in total. The van der Waals surface area contributed by atoms with E-state index in [1.54, 1.807) is 13.8 Å². The minimum Gasteiger partial charge on any atom is -0.347 e. The lowest BCUT2D eigenvalue weighted by molar-refractivity contribution is -0.119. The van der Waals surface area contributed by atoms with Crippen LogP contribution >= 0.6 is 11.6 Å². The second-order valence-corrected chi connectivity index (χ2v) is 4.22. The summed E-state index contributed by atoms with van der Waals surface area (Å²) in [4.78, 5) is 9.30. The Hall–Kier alpha value is -1.04. The predicted octanol–water partition coefficient (Wildman–Crippen LogP) is 3.39. The Morgan fingerprint density at radius 2 is 1.83 bits per heavy atom. The first-order chi connectivity index (χ1) is 8.28. The Morgan fingerprint density at radius 1 is 1.22 bits per heavy atom. The number of aryl methyl sites for hydroxylation is 1. The van der Waals surface area contributed by atoms with Gasteiger partial charge >= 0.3 is 6.18 Å². The van der Waals surface area contributed by atoms with Crippen LogP contribution in [0.15, 0.2) is 0 Å². The molecule has 0 unspecified atom stereocenters. The lowest BCUT2D eigenvalue weighted by atomic mass is 10.3. The van der Waals surface area contributed by atoms with Crippen LogP contribution in [0.1, 0.15) is 25.2 Å². The molecule has 0 atom stereocenters. The maximum Gasteiger partial charge on any atom is 0.405 e. The van der Waals surface area contributed by atoms with Crippen molar-refractivity contribution < 1.29 is 13.2 Å². The number of anilines is 1. The highest BCUT2D eigenvalue weighted by molar-refractivity contribution is 6.30. The van der Waals surface area contributed by atoms with Crippen LogP contribution in [0.5, 0.6) is 0 Å². The molecule has 0 bridgehead atoms. The molecule has 0 spiro atoms. The summed E-state index contributed by atoms with van der Waals surface area (Å²) in [5.41, 5.74) is 0.472. The van der Waals surface area contributed by atoms with Crippen LogP contribution in [0.4, 0.5) is 19.0 Å². The van der Waals surface area contributed by atoms with Crippen LogP contribution in [0.3, 0.4) is 0 Å². The van der Waals surface area contributed by atoms with E-state index in [1.165, 1.54) is 0 Å². The van der Waals surface area contributed by atoms with Gasteiger partial charge in [-0.15, -0.1) is 0 Å². The summed E-state index contributed by atoms with van der Waals surface area (Å²) in [6.07, 6.45) is -3.75. The molecule has 0 aliphatic heterocycles. The minimum absolute atomic E-state index is 0.205. The maximum atomic E-state index is 12.5. The predicted molar refractivity (Wildman–Crippen MR) is 65.1 cm³/mol. The van der Waals surface area contributed by atoms with Gasteiger partial charge in [0.25, 0.3) is 0 Å². The Morgan fingerprint density at radius 3 is 2.28 bits per heavy atom. The van der Waals surface area contributed by atoms with E-state index in [0.717, 1.165) is 4.90 Å². The number of alkyl halides is 3. The highest BCUT2D eigenvalue weighted by Crippen LogP contribution is 2.26. The Labute approximate surface area is 109 Å². The van der Waals surface area contributed by atoms with Crippen molar-refractivity contribution in [1.29, 1.82) is 0 Å². The van der Waals surface area contributed by atoms with Gasteiger partial charge in [-0.25, -0.2) is 9.97 Å². The quantitative estimate of drug-likeness (QED) is 0.792. The zero-order chi connectivity index (χ0) is 13.9. The van der Waals surface area contributed by atoms with E-state index in [9.17, 15) is 13.2 Å². The Bertz CT molecular complexity index is 421. The van der Waals surface area contributed by atoms with E-state index in [2.05, 4.69) is 9.97 Å². The second kappa shape index (κ2) is 5.73. The summed E-state index contributed by atoms with van der Waals surface area (Å²) in [5, 5.41) is 0.206. The molecule has 0 radical (unpaired) electrons. The Kier molecular flexibility index (Phi) is 4.78. The number of hydrogen-bond donors (Lipinski definition) is 0. The van der Waals surface area contributed by atoms with Gasteiger partial charge in [0.15, 0.2) is 0 Å². The first-order valence-electron chi connectivity index (χ1n) is 5.63. The Balaban J connectivity index is 3.16. The average Bonchev–Trinajstić information content (AvgIpc) is 2.28. The van der Waals surface area contributed by atoms with Gasteiger partial charge in [0.1, 0.15) is 23.3 Å². The van der Waals surface area contributed by atoms with Gasteiger partial charge in [0, 0.05) is 18.5 Å². The van der Waals surface area contributed by atoms with Crippen molar-refractivity contribution in [3.05, 3.63) is 16.5 Å². The molecule has 1 rings (SSSR count). The molecular weight excluding hydrogens is 267 g/mol. The number of aromatic nitrogens is 2. The summed E-state index contributed by atoms with van der Waals surface area (Å²) in [6.45, 7) is 4.26. The van der Waals surface area contributed by atoms with Crippen LogP contribution < -0.4 is 4.90 Å². The highest BCUT2D eigenvalue weighted by Gasteiger charge is 2.31. The van der Waals surface area contributed by atoms with Crippen LogP contribution in [0, 0.1) is 6.92 Å². The minimum atomic E-state index is -4.27. The fraction of sp³-hybridized carbons (Fsp3) is 0.636. The molecule has 0 fully saturated rings. The first kappa shape index (κ1) is 15.0. The van der Waals surface area contributed by atoms with Crippen LogP contribution in [0.2, 0.25) is 5.15 Å². The van der Waals surface area contributed by atoms with Gasteiger partial charge < -0.3 is 4.90 Å². The monoisotopic (exact) mass is 281 g/mol. The normalized spacial score (nSPS) is 11.7. The molecule has 0 amide bonds. The molecular formula is C11H15ClF3N3. The molecule has 1 heterocycles. The number of halogens is 4. The number of hydrogen-bond acceptors (Lipinski definition) is 3. The number of rotatable bonds is 4. The largest absolute Gasteiger partial charge is 0.405 e. The molecule has 0 saturated heterocycles. The average molecular weight is 282 g/mol. The molecule has 1 aromatic rings. The zero-order valence-corrected chi connectivity index (χ0v) is 11.2. The molecule has 18 heavy (non-hydrogen) atoms. The van der Waals surface area contributed by atoms with Crippen LogP contribution in [-0.2, 0) is 6.42 Å². The SMILES string of the molecule is CCc1nc(Cl)c(C)c(N(CC)CC(F)(F)F)n1. The van der Waals surface area contributed by atoms with Crippen molar-refractivity contribution in [2.75, 3.05) is 18.0 Å². The van der Waals surface area contributed by atoms with E-state index in [0.29, 0.717) is 17.8 Å². The van der Waals surface area contributed by atoms with Crippen molar-refractivity contribution >= 4 is 17.4 Å². The molecule has 1 aromatic heterocycles. The lowest BCUT2D eigenvalue weighted by Crippen LogP contribution is -2.35. The molecule has 0 aromatic carbocycles. The van der Waals surface area contributed by atoms with Crippen molar-refractivity contribution in [3.63, 3.8) is 0 Å². The summed E-state index contributed by atoms with van der Waals surface area (Å²) in [7, 11) is 0. The van der Waals surface area contributed by atoms with E-state index in [4.69, 9.17) is 11.6 Å². The van der Waals surface area contributed by atoms with Crippen LogP contribution in [0.25, 0.3) is 0 Å². The van der Waals surface area contributed by atoms with Gasteiger partial charge in [-0.3, -0.25) is 0 Å². The summed E-state index contributed by atoms with van der Waals surface area (Å²) >= 11 is 5.91. The number of nitrogens with zero attached hydrogens (tertiary/aromatic N) is 3. The lowest BCUT2D eigenvalue weighted by Gasteiger charge is -2.25. The fourth-order valence-corrected chi connectivity index (χ4v) is 1.72. The van der Waals surface area contributed by atoms with Gasteiger partial charge in [-0.2, -0.15) is 13.2 Å². The summed E-state index contributed by atoms with van der Waals surface area (Å²) in [6, 6.07) is 0. The fourth-order valence-electron chi connectivity index (χ4n) is 1.54. The molecule has 0 aliphatic carbocycles. The van der Waals surface area contributed by atoms with Crippen molar-refractivity contribution in [1.82, 2.24) is 9.97 Å². The first-order valence-corrected chi connectivity index (χ1v) is 6.01. The molecule has 102 valence electrons. The highest BCUT2D eigenvalue weighted by atomic mass is 35.5. The van der Waals surface area contributed by atoms with E-state index in [-0.39, 0.29) is 17.5 Å². The van der Waals surface area contributed by atoms with Crippen molar-refractivity contribution in [2.24, 2.45) is 0 Å². The van der Waals surface area contributed by atoms with E-state index in [1.807, 2.05) is 6.92 Å². The third kappa shape index (κ3) is 3.73. The van der Waals surface area contributed by atoms with Gasteiger partial charge in [-0.1, -0.05) is 18.5 Å². The molecule has 0 aliphatic rings. The van der Waals surface area contributed by atoms with E-state index >= 15 is 0 Å². The second-order valence-electron chi connectivity index (χ2n) is 3.86. The van der Waals surface area contributed by atoms with Gasteiger partial charge in [0.05, 0.1) is 0 Å². The third-order valence-electron chi connectivity index (χ3n) is 2.47. The van der Waals surface area contributed by atoms with Gasteiger partial charge in [-0.05, 0) is 13.8 Å². The molecule has 7 heteroatoms. The van der Waals surface area contributed by atoms with Crippen molar-refractivity contribution in [3.8, 4) is 0 Å². The summed E-state index contributed by atoms with van der Waals surface area (Å²) < 4.78 is 37.4. The summed E-state index contributed by atoms with van der Waals surface area (Å²) in [5.74, 6) is 0.702. The third-order valence-corrected chi connectivity index (χ3v) is 2.84. The topological polar surface area (TPSA) is 29.0 Å². The zero-order valence-electron chi connectivity index (χ0n) is 10.5. The molecule has 0 saturated carbocycles. The van der Waals surface area contributed by atoms with Crippen molar-refractivity contribution in [2.45, 2.75) is 33.4 Å². The maximum absolute atomic E-state index is 12.5. The van der Waals surface area contributed by atoms with Crippen LogP contribution in [-0.4, -0.2) is 29.2 Å².